The molecule has 1 aliphatic carbocycles. The summed E-state index contributed by atoms with van der Waals surface area (Å²) in [5.74, 6) is 0.100. The van der Waals surface area contributed by atoms with Crippen LogP contribution in [0.4, 0.5) is 5.82 Å². The van der Waals surface area contributed by atoms with Gasteiger partial charge in [-0.15, -0.1) is 0 Å². The van der Waals surface area contributed by atoms with Gasteiger partial charge in [0, 0.05) is 6.54 Å². The van der Waals surface area contributed by atoms with E-state index < -0.39 is 4.92 Å². The second-order valence-electron chi connectivity index (χ2n) is 6.08. The molecule has 1 N–H and O–H groups in total. The van der Waals surface area contributed by atoms with Crippen molar-refractivity contribution in [2.24, 2.45) is 5.92 Å². The van der Waals surface area contributed by atoms with E-state index in [2.05, 4.69) is 17.3 Å². The molecule has 0 aromatic carbocycles. The van der Waals surface area contributed by atoms with Gasteiger partial charge in [-0.05, 0) is 30.6 Å². The number of nitrogens with zero attached hydrogens (tertiary/aromatic N) is 3. The Labute approximate surface area is 135 Å². The minimum atomic E-state index is -0.569. The fourth-order valence-electron chi connectivity index (χ4n) is 2.86. The standard InChI is InChI=1S/C15H24N4O4/c1-11-5-3-4-6-13(11)23-8-7-16-15(20)10-18-12(2)9-14(17-18)19(21)22/h9,11,13H,3-8,10H2,1-2H3,(H,16,20). The van der Waals surface area contributed by atoms with Crippen LogP contribution in [-0.2, 0) is 16.1 Å². The van der Waals surface area contributed by atoms with Gasteiger partial charge in [-0.2, -0.15) is 4.68 Å². The van der Waals surface area contributed by atoms with E-state index in [4.69, 9.17) is 4.74 Å². The van der Waals surface area contributed by atoms with Gasteiger partial charge in [0.05, 0.1) is 29.6 Å². The van der Waals surface area contributed by atoms with Crippen LogP contribution in [0.2, 0.25) is 0 Å². The SMILES string of the molecule is Cc1cc([N+](=O)[O-])nn1CC(=O)NCCOC1CCCCC1C. The lowest BCUT2D eigenvalue weighted by Gasteiger charge is -2.28. The number of carbonyl (C=O) groups excluding carboxylic acids is 1. The average Bonchev–Trinajstić information content (AvgIpc) is 2.87. The zero-order valence-corrected chi connectivity index (χ0v) is 13.7. The maximum atomic E-state index is 11.9. The van der Waals surface area contributed by atoms with E-state index in [1.165, 1.54) is 30.0 Å². The van der Waals surface area contributed by atoms with Gasteiger partial charge in [0.2, 0.25) is 5.91 Å². The van der Waals surface area contributed by atoms with Crippen LogP contribution in [0.5, 0.6) is 0 Å². The Morgan fingerprint density at radius 3 is 2.91 bits per heavy atom. The molecular formula is C15H24N4O4. The number of aryl methyl sites for hydroxylation is 1. The van der Waals surface area contributed by atoms with Gasteiger partial charge in [-0.1, -0.05) is 19.8 Å². The maximum absolute atomic E-state index is 11.9. The molecule has 0 aliphatic heterocycles. The second-order valence-corrected chi connectivity index (χ2v) is 6.08. The number of hydrogen-bond acceptors (Lipinski definition) is 5. The van der Waals surface area contributed by atoms with Crippen LogP contribution in [0.15, 0.2) is 6.07 Å². The lowest BCUT2D eigenvalue weighted by Crippen LogP contribution is -2.33. The maximum Gasteiger partial charge on any atom is 0.390 e. The smallest absolute Gasteiger partial charge is 0.376 e. The van der Waals surface area contributed by atoms with Crippen LogP contribution in [0.1, 0.15) is 38.3 Å². The fraction of sp³-hybridized carbons (Fsp3) is 0.733. The third-order valence-corrected chi connectivity index (χ3v) is 4.24. The van der Waals surface area contributed by atoms with Crippen molar-refractivity contribution in [3.05, 3.63) is 21.9 Å². The first-order valence-corrected chi connectivity index (χ1v) is 8.04. The summed E-state index contributed by atoms with van der Waals surface area (Å²) in [5, 5.41) is 17.2. The Hall–Kier alpha value is -1.96. The number of nitro groups is 1. The van der Waals surface area contributed by atoms with Gasteiger partial charge in [-0.25, -0.2) is 0 Å². The second kappa shape index (κ2) is 8.05. The van der Waals surface area contributed by atoms with E-state index in [1.807, 2.05) is 0 Å². The van der Waals surface area contributed by atoms with Gasteiger partial charge in [0.25, 0.3) is 0 Å². The van der Waals surface area contributed by atoms with Crippen molar-refractivity contribution in [1.82, 2.24) is 15.1 Å². The summed E-state index contributed by atoms with van der Waals surface area (Å²) >= 11 is 0. The summed E-state index contributed by atoms with van der Waals surface area (Å²) in [4.78, 5) is 21.9. The van der Waals surface area contributed by atoms with Gasteiger partial charge < -0.3 is 20.2 Å². The summed E-state index contributed by atoms with van der Waals surface area (Å²) < 4.78 is 7.16. The zero-order chi connectivity index (χ0) is 16.8. The molecule has 0 bridgehead atoms. The predicted octanol–water partition coefficient (Wildman–Crippen LogP) is 1.81. The highest BCUT2D eigenvalue weighted by Gasteiger charge is 2.21. The molecule has 128 valence electrons. The Morgan fingerprint density at radius 1 is 1.52 bits per heavy atom. The summed E-state index contributed by atoms with van der Waals surface area (Å²) in [6.45, 7) is 4.78. The first-order valence-electron chi connectivity index (χ1n) is 8.04. The number of nitrogens with one attached hydrogen (secondary N) is 1. The van der Waals surface area contributed by atoms with Crippen molar-refractivity contribution in [2.75, 3.05) is 13.2 Å². The van der Waals surface area contributed by atoms with Gasteiger partial charge in [-0.3, -0.25) is 4.79 Å². The van der Waals surface area contributed by atoms with Crippen molar-refractivity contribution in [2.45, 2.75) is 52.2 Å². The topological polar surface area (TPSA) is 99.3 Å². The molecule has 1 aromatic heterocycles. The molecule has 1 aliphatic rings. The molecule has 1 aromatic rings. The van der Waals surface area contributed by atoms with Gasteiger partial charge in [0.1, 0.15) is 6.54 Å². The van der Waals surface area contributed by atoms with E-state index in [1.54, 1.807) is 6.92 Å². The number of aromatic nitrogens is 2. The molecule has 0 radical (unpaired) electrons. The van der Waals surface area contributed by atoms with E-state index in [9.17, 15) is 14.9 Å². The normalized spacial score (nSPS) is 21.1. The Morgan fingerprint density at radius 2 is 2.26 bits per heavy atom. The Bertz CT molecular complexity index is 558. The number of ether oxygens (including phenoxy) is 1. The molecule has 8 heteroatoms. The van der Waals surface area contributed by atoms with Crippen molar-refractivity contribution in [1.29, 1.82) is 0 Å². The number of carbonyl (C=O) groups is 1. The van der Waals surface area contributed by atoms with Crippen molar-refractivity contribution in [3.8, 4) is 0 Å². The average molecular weight is 324 g/mol. The van der Waals surface area contributed by atoms with Crippen LogP contribution in [-0.4, -0.2) is 39.9 Å². The molecule has 1 saturated carbocycles. The molecule has 8 nitrogen and oxygen atoms in total. The van der Waals surface area contributed by atoms with Crippen LogP contribution in [0, 0.1) is 23.0 Å². The highest BCUT2D eigenvalue weighted by molar-refractivity contribution is 5.75. The summed E-state index contributed by atoms with van der Waals surface area (Å²) in [6.07, 6.45) is 5.06. The van der Waals surface area contributed by atoms with Crippen molar-refractivity contribution >= 4 is 11.7 Å². The predicted molar refractivity (Wildman–Crippen MR) is 84.0 cm³/mol. The highest BCUT2D eigenvalue weighted by atomic mass is 16.6. The van der Waals surface area contributed by atoms with E-state index in [0.717, 1.165) is 6.42 Å². The lowest BCUT2D eigenvalue weighted by molar-refractivity contribution is -0.389. The quantitative estimate of drug-likeness (QED) is 0.468. The highest BCUT2D eigenvalue weighted by Crippen LogP contribution is 2.25. The van der Waals surface area contributed by atoms with E-state index >= 15 is 0 Å². The van der Waals surface area contributed by atoms with Gasteiger partial charge in [0.15, 0.2) is 0 Å². The number of amides is 1. The molecular weight excluding hydrogens is 300 g/mol. The number of hydrogen-bond donors (Lipinski definition) is 1. The molecule has 1 fully saturated rings. The van der Waals surface area contributed by atoms with Crippen molar-refractivity contribution in [3.63, 3.8) is 0 Å². The summed E-state index contributed by atoms with van der Waals surface area (Å²) in [7, 11) is 0. The lowest BCUT2D eigenvalue weighted by atomic mass is 9.88. The van der Waals surface area contributed by atoms with E-state index in [0.29, 0.717) is 24.8 Å². The Kier molecular flexibility index (Phi) is 6.09. The minimum Gasteiger partial charge on any atom is -0.376 e. The van der Waals surface area contributed by atoms with Crippen molar-refractivity contribution < 1.29 is 14.5 Å². The molecule has 23 heavy (non-hydrogen) atoms. The minimum absolute atomic E-state index is 0.0283. The molecule has 0 spiro atoms. The van der Waals surface area contributed by atoms with Gasteiger partial charge >= 0.3 is 5.82 Å². The Balaban J connectivity index is 1.70. The zero-order valence-electron chi connectivity index (χ0n) is 13.7. The molecule has 2 rings (SSSR count). The molecule has 2 atom stereocenters. The third kappa shape index (κ3) is 5.02. The largest absolute Gasteiger partial charge is 0.390 e. The molecule has 2 unspecified atom stereocenters. The first kappa shape index (κ1) is 17.4. The molecule has 1 heterocycles. The molecule has 0 saturated heterocycles. The van der Waals surface area contributed by atoms with Crippen LogP contribution >= 0.6 is 0 Å². The number of rotatable bonds is 7. The van der Waals surface area contributed by atoms with Crippen LogP contribution < -0.4 is 5.32 Å². The van der Waals surface area contributed by atoms with Crippen LogP contribution in [0.3, 0.4) is 0 Å². The fourth-order valence-corrected chi connectivity index (χ4v) is 2.86. The summed E-state index contributed by atoms with van der Waals surface area (Å²) in [6, 6.07) is 1.35. The van der Waals surface area contributed by atoms with E-state index in [-0.39, 0.29) is 24.4 Å². The first-order chi connectivity index (χ1) is 11.0. The third-order valence-electron chi connectivity index (χ3n) is 4.24. The monoisotopic (exact) mass is 324 g/mol. The van der Waals surface area contributed by atoms with Crippen LogP contribution in [0.25, 0.3) is 0 Å². The molecule has 1 amide bonds. The summed E-state index contributed by atoms with van der Waals surface area (Å²) in [5.41, 5.74) is 0.583.